The molecule has 0 saturated carbocycles. The van der Waals surface area contributed by atoms with Crippen LogP contribution in [0.3, 0.4) is 0 Å². The second-order valence-corrected chi connectivity index (χ2v) is 6.06. The molecule has 2 unspecified atom stereocenters. The lowest BCUT2D eigenvalue weighted by molar-refractivity contribution is -0.130. The first-order valence-corrected chi connectivity index (χ1v) is 8.32. The lowest BCUT2D eigenvalue weighted by Crippen LogP contribution is -2.41. The number of hydrogen-bond donors (Lipinski definition) is 1. The molecule has 4 heteroatoms. The summed E-state index contributed by atoms with van der Waals surface area (Å²) in [6.07, 6.45) is 8.55. The van der Waals surface area contributed by atoms with Crippen molar-refractivity contribution in [2.75, 3.05) is 6.54 Å². The van der Waals surface area contributed by atoms with Crippen molar-refractivity contribution in [2.45, 2.75) is 64.5 Å². The maximum atomic E-state index is 12.7. The highest BCUT2D eigenvalue weighted by Crippen LogP contribution is 2.27. The van der Waals surface area contributed by atoms with Gasteiger partial charge in [-0.3, -0.25) is 4.79 Å². The Morgan fingerprint density at radius 2 is 2.32 bits per heavy atom. The first kappa shape index (κ1) is 16.8. The van der Waals surface area contributed by atoms with Crippen molar-refractivity contribution in [2.24, 2.45) is 0 Å². The highest BCUT2D eigenvalue weighted by Gasteiger charge is 2.28. The summed E-state index contributed by atoms with van der Waals surface area (Å²) in [6.45, 7) is 4.71. The quantitative estimate of drug-likeness (QED) is 0.841. The van der Waals surface area contributed by atoms with Crippen LogP contribution in [0.4, 0.5) is 0 Å². The Morgan fingerprint density at radius 1 is 1.50 bits per heavy atom. The van der Waals surface area contributed by atoms with Crippen LogP contribution in [0.5, 0.6) is 0 Å². The van der Waals surface area contributed by atoms with E-state index in [9.17, 15) is 9.90 Å². The zero-order valence-corrected chi connectivity index (χ0v) is 13.6. The Hall–Kier alpha value is -1.55. The number of amides is 1. The lowest BCUT2D eigenvalue weighted by Gasteiger charge is -2.31. The van der Waals surface area contributed by atoms with Crippen molar-refractivity contribution < 1.29 is 14.3 Å². The molecule has 1 amide bonds. The number of rotatable bonds is 5. The second-order valence-electron chi connectivity index (χ2n) is 6.06. The number of aliphatic hydroxyl groups excluding tert-OH is 1. The summed E-state index contributed by atoms with van der Waals surface area (Å²) in [6, 6.07) is 3.65. The largest absolute Gasteiger partial charge is 0.467 e. The number of nitrogens with zero attached hydrogens (tertiary/aromatic N) is 1. The molecule has 2 heterocycles. The van der Waals surface area contributed by atoms with Crippen LogP contribution in [0, 0.1) is 0 Å². The van der Waals surface area contributed by atoms with Gasteiger partial charge in [-0.05, 0) is 38.3 Å². The van der Waals surface area contributed by atoms with Gasteiger partial charge >= 0.3 is 0 Å². The molecule has 1 saturated heterocycles. The summed E-state index contributed by atoms with van der Waals surface area (Å²) in [5.74, 6) is 0.692. The highest BCUT2D eigenvalue weighted by molar-refractivity contribution is 5.93. The number of allylic oxidation sites excluding steroid dienone is 1. The molecule has 4 nitrogen and oxygen atoms in total. The highest BCUT2D eigenvalue weighted by atomic mass is 16.4. The number of carbonyl (C=O) groups excluding carboxylic acids is 1. The van der Waals surface area contributed by atoms with Crippen LogP contribution in [-0.2, 0) is 4.79 Å². The van der Waals surface area contributed by atoms with E-state index < -0.39 is 6.10 Å². The van der Waals surface area contributed by atoms with Gasteiger partial charge in [-0.1, -0.05) is 25.8 Å². The molecule has 0 aliphatic carbocycles. The van der Waals surface area contributed by atoms with Crippen molar-refractivity contribution in [3.05, 3.63) is 35.8 Å². The molecule has 22 heavy (non-hydrogen) atoms. The number of hydrogen-bond acceptors (Lipinski definition) is 3. The van der Waals surface area contributed by atoms with Crippen LogP contribution in [-0.4, -0.2) is 28.5 Å². The van der Waals surface area contributed by atoms with Gasteiger partial charge < -0.3 is 14.4 Å². The van der Waals surface area contributed by atoms with Gasteiger partial charge in [0.1, 0.15) is 11.9 Å². The molecule has 1 aliphatic rings. The molecule has 1 fully saturated rings. The maximum Gasteiger partial charge on any atom is 0.249 e. The molecular formula is C18H27NO3. The summed E-state index contributed by atoms with van der Waals surface area (Å²) in [5.41, 5.74) is 0.807. The van der Waals surface area contributed by atoms with Gasteiger partial charge in [0, 0.05) is 24.6 Å². The molecule has 1 aliphatic heterocycles. The molecule has 1 aromatic heterocycles. The molecule has 122 valence electrons. The zero-order chi connectivity index (χ0) is 15.9. The molecule has 0 aromatic carbocycles. The van der Waals surface area contributed by atoms with Gasteiger partial charge in [-0.2, -0.15) is 0 Å². The Labute approximate surface area is 132 Å². The predicted molar refractivity (Wildman–Crippen MR) is 86.3 cm³/mol. The first-order valence-electron chi connectivity index (χ1n) is 8.32. The third-order valence-corrected chi connectivity index (χ3v) is 4.35. The van der Waals surface area contributed by atoms with Crippen molar-refractivity contribution in [3.8, 4) is 0 Å². The predicted octanol–water partition coefficient (Wildman–Crippen LogP) is 3.83. The number of carbonyl (C=O) groups is 1. The molecule has 2 atom stereocenters. The summed E-state index contributed by atoms with van der Waals surface area (Å²) < 4.78 is 5.28. The monoisotopic (exact) mass is 305 g/mol. The van der Waals surface area contributed by atoms with E-state index in [1.807, 2.05) is 24.8 Å². The van der Waals surface area contributed by atoms with Gasteiger partial charge in [0.15, 0.2) is 0 Å². The normalized spacial score (nSPS) is 21.5. The Balaban J connectivity index is 2.10. The van der Waals surface area contributed by atoms with Crippen molar-refractivity contribution >= 4 is 5.91 Å². The van der Waals surface area contributed by atoms with E-state index in [1.165, 1.54) is 0 Å². The minimum absolute atomic E-state index is 0.0790. The van der Waals surface area contributed by atoms with Gasteiger partial charge in [0.25, 0.3) is 0 Å². The van der Waals surface area contributed by atoms with E-state index >= 15 is 0 Å². The van der Waals surface area contributed by atoms with Gasteiger partial charge in [-0.25, -0.2) is 0 Å². The molecule has 1 aromatic rings. The summed E-state index contributed by atoms with van der Waals surface area (Å²) in [4.78, 5) is 14.6. The van der Waals surface area contributed by atoms with E-state index in [0.29, 0.717) is 12.2 Å². The summed E-state index contributed by atoms with van der Waals surface area (Å²) in [5, 5.41) is 10.3. The second kappa shape index (κ2) is 8.18. The summed E-state index contributed by atoms with van der Waals surface area (Å²) >= 11 is 0. The van der Waals surface area contributed by atoms with Crippen LogP contribution in [0.1, 0.15) is 64.2 Å². The molecule has 0 bridgehead atoms. The van der Waals surface area contributed by atoms with Crippen LogP contribution < -0.4 is 0 Å². The fourth-order valence-electron chi connectivity index (χ4n) is 3.16. The molecule has 0 spiro atoms. The Morgan fingerprint density at radius 3 is 3.00 bits per heavy atom. The average molecular weight is 305 g/mol. The van der Waals surface area contributed by atoms with E-state index in [1.54, 1.807) is 18.4 Å². The first-order chi connectivity index (χ1) is 10.6. The topological polar surface area (TPSA) is 53.7 Å². The zero-order valence-electron chi connectivity index (χ0n) is 13.6. The third-order valence-electron chi connectivity index (χ3n) is 4.35. The number of furan rings is 1. The van der Waals surface area contributed by atoms with Crippen LogP contribution >= 0.6 is 0 Å². The molecule has 2 rings (SSSR count). The fraction of sp³-hybridized carbons (Fsp3) is 0.611. The third kappa shape index (κ3) is 4.23. The van der Waals surface area contributed by atoms with Gasteiger partial charge in [0.2, 0.25) is 5.91 Å². The molecule has 1 N–H and O–H groups in total. The van der Waals surface area contributed by atoms with Crippen molar-refractivity contribution in [1.29, 1.82) is 0 Å². The lowest BCUT2D eigenvalue weighted by atomic mass is 10.0. The minimum Gasteiger partial charge on any atom is -0.467 e. The minimum atomic E-state index is -0.649. The summed E-state index contributed by atoms with van der Waals surface area (Å²) in [7, 11) is 0. The van der Waals surface area contributed by atoms with Gasteiger partial charge in [0.05, 0.1) is 6.26 Å². The Kier molecular flexibility index (Phi) is 6.25. The van der Waals surface area contributed by atoms with E-state index in [-0.39, 0.29) is 11.9 Å². The fourth-order valence-corrected chi connectivity index (χ4v) is 3.16. The van der Waals surface area contributed by atoms with Crippen LogP contribution in [0.15, 0.2) is 34.5 Å². The van der Waals surface area contributed by atoms with Crippen molar-refractivity contribution in [3.63, 3.8) is 0 Å². The average Bonchev–Trinajstić information content (AvgIpc) is 2.95. The number of aliphatic hydroxyl groups is 1. The van der Waals surface area contributed by atoms with E-state index in [2.05, 4.69) is 0 Å². The van der Waals surface area contributed by atoms with E-state index in [0.717, 1.165) is 44.2 Å². The SMILES string of the molecule is CC/C=C(/C)C(=O)N1CCCCCC1CC(O)c1ccco1. The van der Waals surface area contributed by atoms with Crippen LogP contribution in [0.2, 0.25) is 0 Å². The van der Waals surface area contributed by atoms with Crippen molar-refractivity contribution in [1.82, 2.24) is 4.90 Å². The van der Waals surface area contributed by atoms with Gasteiger partial charge in [-0.15, -0.1) is 0 Å². The standard InChI is InChI=1S/C18H27NO3/c1-3-8-14(2)18(21)19-11-6-4-5-9-15(19)13-16(20)17-10-7-12-22-17/h7-8,10,12,15-16,20H,3-6,9,11,13H2,1-2H3/b14-8-. The smallest absolute Gasteiger partial charge is 0.249 e. The molecular weight excluding hydrogens is 278 g/mol. The number of likely N-dealkylation sites (tertiary alicyclic amines) is 1. The Bertz CT molecular complexity index is 492. The molecule has 0 radical (unpaired) electrons. The van der Waals surface area contributed by atoms with Crippen LogP contribution in [0.25, 0.3) is 0 Å². The maximum absolute atomic E-state index is 12.7. The van der Waals surface area contributed by atoms with E-state index in [4.69, 9.17) is 4.42 Å².